The molecule has 2 rings (SSSR count). The molecule has 0 aliphatic heterocycles. The summed E-state index contributed by atoms with van der Waals surface area (Å²) in [6.07, 6.45) is 0. The summed E-state index contributed by atoms with van der Waals surface area (Å²) in [5, 5.41) is 2.74. The van der Waals surface area contributed by atoms with Crippen LogP contribution < -0.4 is 19.5 Å². The zero-order valence-electron chi connectivity index (χ0n) is 16.2. The Kier molecular flexibility index (Phi) is 8.01. The molecular formula is C20H23NO6S. The molecule has 2 aromatic carbocycles. The monoisotopic (exact) mass is 405 g/mol. The van der Waals surface area contributed by atoms with Crippen LogP contribution in [0, 0.1) is 0 Å². The van der Waals surface area contributed by atoms with Gasteiger partial charge in [0.2, 0.25) is 11.7 Å². The number of anilines is 1. The SMILES string of the molecule is COC(=O)c1cc(OC)c(OC)c(OC)c1NC(=O)CSCc1ccccc1. The molecule has 0 heterocycles. The number of rotatable bonds is 9. The number of hydrogen-bond donors (Lipinski definition) is 1. The minimum atomic E-state index is -0.633. The van der Waals surface area contributed by atoms with Gasteiger partial charge in [-0.2, -0.15) is 0 Å². The summed E-state index contributed by atoms with van der Waals surface area (Å²) in [5.74, 6) is 0.724. The molecule has 150 valence electrons. The van der Waals surface area contributed by atoms with Gasteiger partial charge in [-0.3, -0.25) is 4.79 Å². The first-order chi connectivity index (χ1) is 13.5. The Labute approximate surface area is 168 Å². The number of benzene rings is 2. The Morgan fingerprint density at radius 2 is 1.64 bits per heavy atom. The second-order valence-electron chi connectivity index (χ2n) is 5.59. The van der Waals surface area contributed by atoms with Crippen molar-refractivity contribution in [2.45, 2.75) is 5.75 Å². The number of hydrogen-bond acceptors (Lipinski definition) is 7. The summed E-state index contributed by atoms with van der Waals surface area (Å²) in [6, 6.07) is 11.3. The van der Waals surface area contributed by atoms with Crippen LogP contribution in [-0.4, -0.2) is 46.1 Å². The summed E-state index contributed by atoms with van der Waals surface area (Å²) >= 11 is 1.46. The summed E-state index contributed by atoms with van der Waals surface area (Å²) in [7, 11) is 5.56. The third-order valence-electron chi connectivity index (χ3n) is 3.84. The number of amides is 1. The highest BCUT2D eigenvalue weighted by atomic mass is 32.2. The van der Waals surface area contributed by atoms with Gasteiger partial charge in [-0.1, -0.05) is 30.3 Å². The molecule has 0 saturated heterocycles. The molecule has 0 aromatic heterocycles. The molecule has 0 aliphatic carbocycles. The number of nitrogens with one attached hydrogen (secondary N) is 1. The van der Waals surface area contributed by atoms with Crippen LogP contribution in [0.3, 0.4) is 0 Å². The summed E-state index contributed by atoms with van der Waals surface area (Å²) in [5.41, 5.74) is 1.41. The van der Waals surface area contributed by atoms with Gasteiger partial charge >= 0.3 is 5.97 Å². The van der Waals surface area contributed by atoms with Crippen molar-refractivity contribution in [1.29, 1.82) is 0 Å². The van der Waals surface area contributed by atoms with Crippen molar-refractivity contribution in [2.75, 3.05) is 39.5 Å². The quantitative estimate of drug-likeness (QED) is 0.641. The average molecular weight is 405 g/mol. The molecule has 1 amide bonds. The van der Waals surface area contributed by atoms with Gasteiger partial charge in [-0.15, -0.1) is 11.8 Å². The fourth-order valence-corrected chi connectivity index (χ4v) is 3.35. The Morgan fingerprint density at radius 1 is 0.964 bits per heavy atom. The van der Waals surface area contributed by atoms with Gasteiger partial charge in [-0.25, -0.2) is 4.79 Å². The highest BCUT2D eigenvalue weighted by Crippen LogP contribution is 2.45. The second kappa shape index (κ2) is 10.5. The van der Waals surface area contributed by atoms with E-state index in [0.717, 1.165) is 5.56 Å². The first-order valence-corrected chi connectivity index (χ1v) is 9.53. The van der Waals surface area contributed by atoms with Crippen LogP contribution in [-0.2, 0) is 15.3 Å². The van der Waals surface area contributed by atoms with Gasteiger partial charge in [0.1, 0.15) is 5.69 Å². The molecule has 0 atom stereocenters. The van der Waals surface area contributed by atoms with E-state index < -0.39 is 5.97 Å². The zero-order chi connectivity index (χ0) is 20.5. The first kappa shape index (κ1) is 21.4. The van der Waals surface area contributed by atoms with Crippen molar-refractivity contribution in [3.63, 3.8) is 0 Å². The molecule has 0 aliphatic rings. The van der Waals surface area contributed by atoms with Gasteiger partial charge in [0.25, 0.3) is 0 Å². The van der Waals surface area contributed by atoms with Crippen LogP contribution in [0.4, 0.5) is 5.69 Å². The number of ether oxygens (including phenoxy) is 4. The summed E-state index contributed by atoms with van der Waals surface area (Å²) < 4.78 is 20.8. The maximum absolute atomic E-state index is 12.5. The van der Waals surface area contributed by atoms with Crippen molar-refractivity contribution in [2.24, 2.45) is 0 Å². The van der Waals surface area contributed by atoms with Crippen molar-refractivity contribution >= 4 is 29.3 Å². The van der Waals surface area contributed by atoms with E-state index in [1.165, 1.54) is 46.3 Å². The van der Waals surface area contributed by atoms with Gasteiger partial charge in [0.05, 0.1) is 39.8 Å². The highest BCUT2D eigenvalue weighted by Gasteiger charge is 2.26. The third-order valence-corrected chi connectivity index (χ3v) is 4.85. The van der Waals surface area contributed by atoms with E-state index in [2.05, 4.69) is 5.32 Å². The smallest absolute Gasteiger partial charge is 0.340 e. The lowest BCUT2D eigenvalue weighted by atomic mass is 10.1. The first-order valence-electron chi connectivity index (χ1n) is 8.38. The van der Waals surface area contributed by atoms with E-state index in [1.54, 1.807) is 0 Å². The largest absolute Gasteiger partial charge is 0.493 e. The van der Waals surface area contributed by atoms with Gasteiger partial charge in [-0.05, 0) is 5.56 Å². The molecular weight excluding hydrogens is 382 g/mol. The van der Waals surface area contributed by atoms with E-state index in [4.69, 9.17) is 18.9 Å². The van der Waals surface area contributed by atoms with Crippen molar-refractivity contribution in [1.82, 2.24) is 0 Å². The van der Waals surface area contributed by atoms with Crippen LogP contribution >= 0.6 is 11.8 Å². The van der Waals surface area contributed by atoms with Crippen LogP contribution in [0.25, 0.3) is 0 Å². The highest BCUT2D eigenvalue weighted by molar-refractivity contribution is 7.99. The van der Waals surface area contributed by atoms with Gasteiger partial charge < -0.3 is 24.3 Å². The van der Waals surface area contributed by atoms with E-state index in [-0.39, 0.29) is 40.2 Å². The Hall–Kier alpha value is -2.87. The zero-order valence-corrected chi connectivity index (χ0v) is 17.1. The molecule has 0 radical (unpaired) electrons. The van der Waals surface area contributed by atoms with Gasteiger partial charge in [0, 0.05) is 11.8 Å². The maximum Gasteiger partial charge on any atom is 0.340 e. The fourth-order valence-electron chi connectivity index (χ4n) is 2.56. The Morgan fingerprint density at radius 3 is 2.21 bits per heavy atom. The minimum Gasteiger partial charge on any atom is -0.493 e. The van der Waals surface area contributed by atoms with Crippen LogP contribution in [0.2, 0.25) is 0 Å². The maximum atomic E-state index is 12.5. The molecule has 2 aromatic rings. The van der Waals surface area contributed by atoms with E-state index in [0.29, 0.717) is 5.75 Å². The van der Waals surface area contributed by atoms with Gasteiger partial charge in [0.15, 0.2) is 11.5 Å². The molecule has 0 fully saturated rings. The fraction of sp³-hybridized carbons (Fsp3) is 0.300. The van der Waals surface area contributed by atoms with Crippen molar-refractivity contribution < 1.29 is 28.5 Å². The number of carbonyl (C=O) groups is 2. The van der Waals surface area contributed by atoms with Crippen LogP contribution in [0.1, 0.15) is 15.9 Å². The lowest BCUT2D eigenvalue weighted by Crippen LogP contribution is -2.18. The topological polar surface area (TPSA) is 83.1 Å². The lowest BCUT2D eigenvalue weighted by molar-refractivity contribution is -0.113. The predicted molar refractivity (Wildman–Crippen MR) is 109 cm³/mol. The van der Waals surface area contributed by atoms with E-state index in [9.17, 15) is 9.59 Å². The minimum absolute atomic E-state index is 0.110. The van der Waals surface area contributed by atoms with E-state index >= 15 is 0 Å². The van der Waals surface area contributed by atoms with Crippen molar-refractivity contribution in [3.8, 4) is 17.2 Å². The second-order valence-corrected chi connectivity index (χ2v) is 6.57. The normalized spacial score (nSPS) is 10.1. The molecule has 28 heavy (non-hydrogen) atoms. The molecule has 0 spiro atoms. The summed E-state index contributed by atoms with van der Waals surface area (Å²) in [4.78, 5) is 24.7. The molecule has 0 saturated carbocycles. The molecule has 1 N–H and O–H groups in total. The van der Waals surface area contributed by atoms with Crippen LogP contribution in [0.15, 0.2) is 36.4 Å². The van der Waals surface area contributed by atoms with Crippen molar-refractivity contribution in [3.05, 3.63) is 47.5 Å². The van der Waals surface area contributed by atoms with Crippen LogP contribution in [0.5, 0.6) is 17.2 Å². The molecule has 0 bridgehead atoms. The van der Waals surface area contributed by atoms with E-state index in [1.807, 2.05) is 30.3 Å². The number of esters is 1. The number of thioether (sulfide) groups is 1. The molecule has 7 nitrogen and oxygen atoms in total. The number of carbonyl (C=O) groups excluding carboxylic acids is 2. The molecule has 8 heteroatoms. The Balaban J connectivity index is 2.24. The lowest BCUT2D eigenvalue weighted by Gasteiger charge is -2.19. The predicted octanol–water partition coefficient (Wildman–Crippen LogP) is 3.37. The average Bonchev–Trinajstić information content (AvgIpc) is 2.73. The third kappa shape index (κ3) is 5.10. The Bertz CT molecular complexity index is 825. The number of methoxy groups -OCH3 is 4. The standard InChI is InChI=1S/C20H23NO6S/c1-24-15-10-14(20(23)27-4)17(19(26-3)18(15)25-2)21-16(22)12-28-11-13-8-6-5-7-9-13/h5-10H,11-12H2,1-4H3,(H,21,22). The summed E-state index contributed by atoms with van der Waals surface area (Å²) in [6.45, 7) is 0. The molecule has 0 unspecified atom stereocenters.